The lowest BCUT2D eigenvalue weighted by Gasteiger charge is -2.14. The van der Waals surface area contributed by atoms with Gasteiger partial charge in [-0.15, -0.1) is 5.10 Å². The van der Waals surface area contributed by atoms with Crippen molar-refractivity contribution < 1.29 is 22.8 Å². The average Bonchev–Trinajstić information content (AvgIpc) is 3.64. The number of anilines is 2. The third kappa shape index (κ3) is 5.76. The molecule has 0 aliphatic carbocycles. The van der Waals surface area contributed by atoms with Gasteiger partial charge in [0.15, 0.2) is 5.13 Å². The summed E-state index contributed by atoms with van der Waals surface area (Å²) >= 11 is 1.23. The molecule has 0 saturated heterocycles. The summed E-state index contributed by atoms with van der Waals surface area (Å²) in [5.74, 6) is -0.843. The van der Waals surface area contributed by atoms with Gasteiger partial charge >= 0.3 is 6.18 Å². The molecule has 2 aromatic carbocycles. The first-order chi connectivity index (χ1) is 19.0. The number of hydrogen-bond acceptors (Lipinski definition) is 7. The third-order valence-electron chi connectivity index (χ3n) is 5.77. The van der Waals surface area contributed by atoms with Crippen molar-refractivity contribution in [2.45, 2.75) is 26.9 Å². The molecular formula is C26H21F3N8O2S. The number of aromatic nitrogens is 6. The van der Waals surface area contributed by atoms with Gasteiger partial charge in [-0.25, -0.2) is 14.6 Å². The highest BCUT2D eigenvalue weighted by Crippen LogP contribution is 2.33. The Morgan fingerprint density at radius 3 is 2.50 bits per heavy atom. The molecule has 0 bridgehead atoms. The van der Waals surface area contributed by atoms with Gasteiger partial charge in [-0.05, 0) is 49.7 Å². The van der Waals surface area contributed by atoms with Gasteiger partial charge in [0.2, 0.25) is 5.91 Å². The Labute approximate surface area is 229 Å². The SMILES string of the molecule is CC(=O)Nc1ncc(-c2cn(-c3cc(C(=O)Nc4cc(-n5cnc(C)c5)cc(C(F)(F)F)c4)ccc3C)nn2)s1. The molecular weight excluding hydrogens is 545 g/mol. The smallest absolute Gasteiger partial charge is 0.322 e. The predicted molar refractivity (Wildman–Crippen MR) is 143 cm³/mol. The molecule has 0 fully saturated rings. The quantitative estimate of drug-likeness (QED) is 0.283. The lowest BCUT2D eigenvalue weighted by Crippen LogP contribution is -2.15. The lowest BCUT2D eigenvalue weighted by atomic mass is 10.1. The van der Waals surface area contributed by atoms with E-state index in [2.05, 4.69) is 30.9 Å². The van der Waals surface area contributed by atoms with E-state index in [9.17, 15) is 22.8 Å². The molecule has 0 aliphatic rings. The molecule has 14 heteroatoms. The number of imidazole rings is 1. The van der Waals surface area contributed by atoms with Crippen molar-refractivity contribution in [1.82, 2.24) is 29.5 Å². The molecule has 0 unspecified atom stereocenters. The second-order valence-corrected chi connectivity index (χ2v) is 9.93. The first kappa shape index (κ1) is 26.7. The first-order valence-corrected chi connectivity index (χ1v) is 12.6. The van der Waals surface area contributed by atoms with Gasteiger partial charge in [0, 0.05) is 36.3 Å². The highest BCUT2D eigenvalue weighted by molar-refractivity contribution is 7.19. The zero-order valence-corrected chi connectivity index (χ0v) is 22.1. The van der Waals surface area contributed by atoms with Crippen LogP contribution < -0.4 is 10.6 Å². The Hall–Kier alpha value is -4.85. The largest absolute Gasteiger partial charge is 0.416 e. The number of carbonyl (C=O) groups is 2. The number of hydrogen-bond donors (Lipinski definition) is 2. The fourth-order valence-electron chi connectivity index (χ4n) is 3.85. The maximum Gasteiger partial charge on any atom is 0.416 e. The maximum absolute atomic E-state index is 13.6. The highest BCUT2D eigenvalue weighted by atomic mass is 32.1. The van der Waals surface area contributed by atoms with E-state index >= 15 is 0 Å². The number of nitrogens with zero attached hydrogens (tertiary/aromatic N) is 6. The molecule has 2 amide bonds. The molecule has 5 rings (SSSR count). The van der Waals surface area contributed by atoms with Gasteiger partial charge in [-0.2, -0.15) is 13.2 Å². The summed E-state index contributed by atoms with van der Waals surface area (Å²) in [5, 5.41) is 13.9. The van der Waals surface area contributed by atoms with Crippen molar-refractivity contribution >= 4 is 34.0 Å². The summed E-state index contributed by atoms with van der Waals surface area (Å²) in [5.41, 5.74) is 1.97. The standard InChI is InChI=1S/C26H21F3N8O2S/c1-14-4-5-17(6-22(14)37-12-21(34-35-37)23-10-30-25(40-23)32-16(3)38)24(39)33-19-7-18(26(27,28)29)8-20(9-19)36-11-15(2)31-13-36/h4-13H,1-3H3,(H,33,39)(H,30,32,38). The normalized spacial score (nSPS) is 11.4. The van der Waals surface area contributed by atoms with Crippen LogP contribution in [0.5, 0.6) is 0 Å². The van der Waals surface area contributed by atoms with E-state index in [0.29, 0.717) is 27.1 Å². The number of alkyl halides is 3. The van der Waals surface area contributed by atoms with E-state index < -0.39 is 17.6 Å². The van der Waals surface area contributed by atoms with Crippen LogP contribution in [0, 0.1) is 13.8 Å². The molecule has 0 atom stereocenters. The Bertz CT molecular complexity index is 1740. The van der Waals surface area contributed by atoms with Gasteiger partial charge in [0.25, 0.3) is 5.91 Å². The number of halogens is 3. The molecule has 204 valence electrons. The van der Waals surface area contributed by atoms with Gasteiger partial charge in [-0.1, -0.05) is 22.6 Å². The van der Waals surface area contributed by atoms with Gasteiger partial charge in [0.1, 0.15) is 5.69 Å². The summed E-state index contributed by atoms with van der Waals surface area (Å²) in [6.07, 6.45) is 1.60. The molecule has 0 saturated carbocycles. The van der Waals surface area contributed by atoms with E-state index in [-0.39, 0.29) is 22.8 Å². The van der Waals surface area contributed by atoms with Crippen LogP contribution in [0.15, 0.2) is 61.3 Å². The van der Waals surface area contributed by atoms with Crippen molar-refractivity contribution in [1.29, 1.82) is 0 Å². The number of thiazole rings is 1. The minimum atomic E-state index is -4.62. The Balaban J connectivity index is 1.42. The maximum atomic E-state index is 13.6. The van der Waals surface area contributed by atoms with Crippen LogP contribution in [-0.2, 0) is 11.0 Å². The average molecular weight is 567 g/mol. The van der Waals surface area contributed by atoms with Crippen LogP contribution in [0.4, 0.5) is 24.0 Å². The van der Waals surface area contributed by atoms with Crippen LogP contribution in [0.2, 0.25) is 0 Å². The van der Waals surface area contributed by atoms with E-state index in [1.54, 1.807) is 43.7 Å². The Kier molecular flexibility index (Phi) is 6.94. The predicted octanol–water partition coefficient (Wildman–Crippen LogP) is 5.42. The van der Waals surface area contributed by atoms with Crippen LogP contribution in [0.25, 0.3) is 21.9 Å². The third-order valence-corrected chi connectivity index (χ3v) is 6.70. The van der Waals surface area contributed by atoms with Gasteiger partial charge in [0.05, 0.1) is 34.3 Å². The fourth-order valence-corrected chi connectivity index (χ4v) is 4.67. The van der Waals surface area contributed by atoms with Crippen LogP contribution >= 0.6 is 11.3 Å². The van der Waals surface area contributed by atoms with Gasteiger partial charge in [-0.3, -0.25) is 9.59 Å². The summed E-state index contributed by atoms with van der Waals surface area (Å²) < 4.78 is 43.8. The first-order valence-electron chi connectivity index (χ1n) is 11.8. The fraction of sp³-hybridized carbons (Fsp3) is 0.154. The number of amides is 2. The van der Waals surface area contributed by atoms with E-state index in [1.807, 2.05) is 6.92 Å². The number of aryl methyl sites for hydroxylation is 2. The topological polar surface area (TPSA) is 120 Å². The van der Waals surface area contributed by atoms with Crippen molar-refractivity contribution in [3.05, 3.63) is 83.7 Å². The number of nitrogens with one attached hydrogen (secondary N) is 2. The van der Waals surface area contributed by atoms with Gasteiger partial charge < -0.3 is 15.2 Å². The highest BCUT2D eigenvalue weighted by Gasteiger charge is 2.31. The van der Waals surface area contributed by atoms with Crippen molar-refractivity contribution in [2.24, 2.45) is 0 Å². The molecule has 10 nitrogen and oxygen atoms in total. The molecule has 0 spiro atoms. The minimum Gasteiger partial charge on any atom is -0.322 e. The van der Waals surface area contributed by atoms with Crippen molar-refractivity contribution in [3.63, 3.8) is 0 Å². The number of carbonyl (C=O) groups excluding carboxylic acids is 2. The molecule has 40 heavy (non-hydrogen) atoms. The second-order valence-electron chi connectivity index (χ2n) is 8.90. The van der Waals surface area contributed by atoms with Crippen LogP contribution in [0.3, 0.4) is 0 Å². The van der Waals surface area contributed by atoms with Crippen LogP contribution in [0.1, 0.15) is 34.1 Å². The Morgan fingerprint density at radius 1 is 1.00 bits per heavy atom. The summed E-state index contributed by atoms with van der Waals surface area (Å²) in [4.78, 5) is 33.3. The molecule has 2 N–H and O–H groups in total. The van der Waals surface area contributed by atoms with E-state index in [4.69, 9.17) is 0 Å². The Morgan fingerprint density at radius 2 is 1.80 bits per heavy atom. The molecule has 5 aromatic rings. The van der Waals surface area contributed by atoms with Crippen molar-refractivity contribution in [3.8, 4) is 21.9 Å². The van der Waals surface area contributed by atoms with Crippen molar-refractivity contribution in [2.75, 3.05) is 10.6 Å². The zero-order chi connectivity index (χ0) is 28.6. The lowest BCUT2D eigenvalue weighted by molar-refractivity contribution is -0.137. The monoisotopic (exact) mass is 566 g/mol. The zero-order valence-electron chi connectivity index (χ0n) is 21.3. The molecule has 0 radical (unpaired) electrons. The number of benzene rings is 2. The molecule has 0 aliphatic heterocycles. The van der Waals surface area contributed by atoms with E-state index in [1.165, 1.54) is 39.9 Å². The van der Waals surface area contributed by atoms with E-state index in [0.717, 1.165) is 17.7 Å². The minimum absolute atomic E-state index is 0.0217. The molecule has 3 heterocycles. The summed E-state index contributed by atoms with van der Waals surface area (Å²) in [6, 6.07) is 8.17. The molecule has 3 aromatic heterocycles. The summed E-state index contributed by atoms with van der Waals surface area (Å²) in [6.45, 7) is 4.93. The second kappa shape index (κ2) is 10.4. The number of rotatable bonds is 6. The summed E-state index contributed by atoms with van der Waals surface area (Å²) in [7, 11) is 0. The van der Waals surface area contributed by atoms with Crippen LogP contribution in [-0.4, -0.2) is 41.3 Å².